The number of aromatic nitrogens is 2. The summed E-state index contributed by atoms with van der Waals surface area (Å²) in [5.41, 5.74) is 7.60. The van der Waals surface area contributed by atoms with E-state index in [1.165, 1.54) is 13.2 Å². The van der Waals surface area contributed by atoms with Crippen molar-refractivity contribution in [2.24, 2.45) is 11.7 Å². The SMILES string of the molecule is CCC(C)C(N)c1ncc(-c2ccc(OC)c(F)c2)[nH]1. The lowest BCUT2D eigenvalue weighted by Crippen LogP contribution is -2.19. The Hall–Kier alpha value is -1.88. The number of aromatic amines is 1. The van der Waals surface area contributed by atoms with Crippen molar-refractivity contribution in [1.82, 2.24) is 9.97 Å². The number of ether oxygens (including phenoxy) is 1. The van der Waals surface area contributed by atoms with E-state index >= 15 is 0 Å². The van der Waals surface area contributed by atoms with Crippen LogP contribution in [0.5, 0.6) is 5.75 Å². The number of rotatable bonds is 5. The summed E-state index contributed by atoms with van der Waals surface area (Å²) in [4.78, 5) is 7.47. The first-order chi connectivity index (χ1) is 9.56. The van der Waals surface area contributed by atoms with Gasteiger partial charge in [-0.05, 0) is 24.1 Å². The number of benzene rings is 1. The first-order valence-electron chi connectivity index (χ1n) is 6.71. The average molecular weight is 277 g/mol. The maximum Gasteiger partial charge on any atom is 0.165 e. The largest absolute Gasteiger partial charge is 0.494 e. The lowest BCUT2D eigenvalue weighted by molar-refractivity contribution is 0.386. The highest BCUT2D eigenvalue weighted by atomic mass is 19.1. The highest BCUT2D eigenvalue weighted by molar-refractivity contribution is 5.60. The van der Waals surface area contributed by atoms with Crippen molar-refractivity contribution in [3.8, 4) is 17.0 Å². The molecule has 5 heteroatoms. The molecular formula is C15H20FN3O. The van der Waals surface area contributed by atoms with E-state index in [0.29, 0.717) is 5.92 Å². The van der Waals surface area contributed by atoms with Crippen molar-refractivity contribution >= 4 is 0 Å². The molecule has 0 amide bonds. The van der Waals surface area contributed by atoms with Crippen LogP contribution in [0, 0.1) is 11.7 Å². The normalized spacial score (nSPS) is 14.1. The van der Waals surface area contributed by atoms with Gasteiger partial charge in [0.2, 0.25) is 0 Å². The van der Waals surface area contributed by atoms with E-state index in [2.05, 4.69) is 23.8 Å². The highest BCUT2D eigenvalue weighted by Crippen LogP contribution is 2.26. The van der Waals surface area contributed by atoms with E-state index in [-0.39, 0.29) is 11.8 Å². The van der Waals surface area contributed by atoms with Crippen molar-refractivity contribution < 1.29 is 9.13 Å². The first-order valence-corrected chi connectivity index (χ1v) is 6.71. The molecule has 2 rings (SSSR count). The summed E-state index contributed by atoms with van der Waals surface area (Å²) in [6.45, 7) is 4.17. The fourth-order valence-electron chi connectivity index (χ4n) is 2.01. The zero-order chi connectivity index (χ0) is 14.7. The monoisotopic (exact) mass is 277 g/mol. The van der Waals surface area contributed by atoms with E-state index in [9.17, 15) is 4.39 Å². The van der Waals surface area contributed by atoms with Crippen molar-refractivity contribution in [3.05, 3.63) is 36.0 Å². The highest BCUT2D eigenvalue weighted by Gasteiger charge is 2.17. The van der Waals surface area contributed by atoms with Gasteiger partial charge in [-0.2, -0.15) is 0 Å². The fraction of sp³-hybridized carbons (Fsp3) is 0.400. The molecule has 4 nitrogen and oxygen atoms in total. The summed E-state index contributed by atoms with van der Waals surface area (Å²) in [6.07, 6.45) is 2.66. The molecule has 0 aliphatic rings. The minimum absolute atomic E-state index is 0.142. The van der Waals surface area contributed by atoms with E-state index in [1.807, 2.05) is 0 Å². The molecule has 0 aliphatic carbocycles. The van der Waals surface area contributed by atoms with Crippen LogP contribution in [0.4, 0.5) is 4.39 Å². The molecule has 2 unspecified atom stereocenters. The Balaban J connectivity index is 2.26. The van der Waals surface area contributed by atoms with Crippen LogP contribution < -0.4 is 10.5 Å². The maximum atomic E-state index is 13.7. The summed E-state index contributed by atoms with van der Waals surface area (Å²) in [7, 11) is 1.44. The van der Waals surface area contributed by atoms with Crippen LogP contribution in [0.1, 0.15) is 32.1 Å². The molecule has 2 atom stereocenters. The molecule has 0 bridgehead atoms. The lowest BCUT2D eigenvalue weighted by Gasteiger charge is -2.15. The van der Waals surface area contributed by atoms with Crippen LogP contribution in [0.3, 0.4) is 0 Å². The molecule has 0 radical (unpaired) electrons. The minimum atomic E-state index is -0.396. The zero-order valence-corrected chi connectivity index (χ0v) is 12.0. The summed E-state index contributed by atoms with van der Waals surface area (Å²) in [5.74, 6) is 0.893. The summed E-state index contributed by atoms with van der Waals surface area (Å²) in [6, 6.07) is 4.66. The Bertz CT molecular complexity index is 582. The van der Waals surface area contributed by atoms with Gasteiger partial charge in [-0.15, -0.1) is 0 Å². The Morgan fingerprint density at radius 1 is 1.45 bits per heavy atom. The lowest BCUT2D eigenvalue weighted by atomic mass is 10.00. The molecule has 0 fully saturated rings. The predicted octanol–water partition coefficient (Wildman–Crippen LogP) is 3.27. The molecule has 0 saturated heterocycles. The van der Waals surface area contributed by atoms with Crippen LogP contribution >= 0.6 is 0 Å². The molecular weight excluding hydrogens is 257 g/mol. The second kappa shape index (κ2) is 6.05. The Morgan fingerprint density at radius 3 is 2.80 bits per heavy atom. The Kier molecular flexibility index (Phi) is 4.39. The molecule has 0 saturated carbocycles. The number of nitrogens with one attached hydrogen (secondary N) is 1. The number of nitrogens with zero attached hydrogens (tertiary/aromatic N) is 1. The van der Waals surface area contributed by atoms with Gasteiger partial charge in [0.15, 0.2) is 11.6 Å². The van der Waals surface area contributed by atoms with Gasteiger partial charge in [0.05, 0.1) is 25.0 Å². The molecule has 3 N–H and O–H groups in total. The molecule has 2 aromatic rings. The van der Waals surface area contributed by atoms with Gasteiger partial charge in [-0.1, -0.05) is 20.3 Å². The summed E-state index contributed by atoms with van der Waals surface area (Å²) < 4.78 is 18.6. The smallest absolute Gasteiger partial charge is 0.165 e. The number of nitrogens with two attached hydrogens (primary N) is 1. The van der Waals surface area contributed by atoms with E-state index in [4.69, 9.17) is 10.5 Å². The Morgan fingerprint density at radius 2 is 2.20 bits per heavy atom. The number of imidazole rings is 1. The molecule has 1 aromatic heterocycles. The van der Waals surface area contributed by atoms with Gasteiger partial charge in [0.1, 0.15) is 5.82 Å². The fourth-order valence-corrected chi connectivity index (χ4v) is 2.01. The maximum absolute atomic E-state index is 13.7. The number of methoxy groups -OCH3 is 1. The first kappa shape index (κ1) is 14.5. The van der Waals surface area contributed by atoms with Gasteiger partial charge in [0.25, 0.3) is 0 Å². The topological polar surface area (TPSA) is 63.9 Å². The number of H-pyrrole nitrogens is 1. The van der Waals surface area contributed by atoms with E-state index < -0.39 is 5.82 Å². The number of halogens is 1. The van der Waals surface area contributed by atoms with Crippen LogP contribution in [0.2, 0.25) is 0 Å². The average Bonchev–Trinajstić information content (AvgIpc) is 2.95. The predicted molar refractivity (Wildman–Crippen MR) is 76.9 cm³/mol. The van der Waals surface area contributed by atoms with Crippen LogP contribution in [-0.2, 0) is 0 Å². The number of hydrogen-bond acceptors (Lipinski definition) is 3. The standard InChI is InChI=1S/C15H20FN3O/c1-4-9(2)14(17)15-18-8-12(19-15)10-5-6-13(20-3)11(16)7-10/h5-9,14H,4,17H2,1-3H3,(H,18,19). The van der Waals surface area contributed by atoms with Gasteiger partial charge >= 0.3 is 0 Å². The van der Waals surface area contributed by atoms with Crippen molar-refractivity contribution in [3.63, 3.8) is 0 Å². The van der Waals surface area contributed by atoms with Crippen molar-refractivity contribution in [1.29, 1.82) is 0 Å². The quantitative estimate of drug-likeness (QED) is 0.881. The third-order valence-corrected chi connectivity index (χ3v) is 3.63. The third kappa shape index (κ3) is 2.82. The Labute approximate surface area is 118 Å². The molecule has 1 heterocycles. The van der Waals surface area contributed by atoms with Gasteiger partial charge in [-0.25, -0.2) is 9.37 Å². The van der Waals surface area contributed by atoms with Gasteiger partial charge in [0, 0.05) is 5.56 Å². The van der Waals surface area contributed by atoms with E-state index in [1.54, 1.807) is 18.3 Å². The van der Waals surface area contributed by atoms with Crippen LogP contribution in [-0.4, -0.2) is 17.1 Å². The molecule has 20 heavy (non-hydrogen) atoms. The number of hydrogen-bond donors (Lipinski definition) is 2. The second-order valence-electron chi connectivity index (χ2n) is 4.94. The minimum Gasteiger partial charge on any atom is -0.494 e. The second-order valence-corrected chi connectivity index (χ2v) is 4.94. The molecule has 0 spiro atoms. The summed E-state index contributed by atoms with van der Waals surface area (Å²) >= 11 is 0. The zero-order valence-electron chi connectivity index (χ0n) is 12.0. The summed E-state index contributed by atoms with van der Waals surface area (Å²) in [5, 5.41) is 0. The van der Waals surface area contributed by atoms with Crippen molar-refractivity contribution in [2.45, 2.75) is 26.3 Å². The molecule has 0 aliphatic heterocycles. The van der Waals surface area contributed by atoms with Crippen LogP contribution in [0.15, 0.2) is 24.4 Å². The molecule has 108 valence electrons. The van der Waals surface area contributed by atoms with E-state index in [0.717, 1.165) is 23.5 Å². The van der Waals surface area contributed by atoms with Gasteiger partial charge < -0.3 is 15.5 Å². The van der Waals surface area contributed by atoms with Gasteiger partial charge in [-0.3, -0.25) is 0 Å². The molecule has 1 aromatic carbocycles. The third-order valence-electron chi connectivity index (χ3n) is 3.63. The van der Waals surface area contributed by atoms with Crippen molar-refractivity contribution in [2.75, 3.05) is 7.11 Å². The van der Waals surface area contributed by atoms with Crippen LogP contribution in [0.25, 0.3) is 11.3 Å².